The van der Waals surface area contributed by atoms with Crippen molar-refractivity contribution >= 4 is 33.0 Å². The molecule has 0 heterocycles. The molecule has 0 bridgehead atoms. The first-order chi connectivity index (χ1) is 9.64. The van der Waals surface area contributed by atoms with Crippen molar-refractivity contribution in [2.45, 2.75) is 37.5 Å². The fraction of sp³-hybridized carbons (Fsp3) is 0.250. The van der Waals surface area contributed by atoms with Crippen molar-refractivity contribution < 1.29 is 8.42 Å². The lowest BCUT2D eigenvalue weighted by atomic mass is 10.2. The van der Waals surface area contributed by atoms with Crippen LogP contribution in [0.4, 0.5) is 0 Å². The molecule has 0 atom stereocenters. The molecule has 0 fully saturated rings. The van der Waals surface area contributed by atoms with Crippen molar-refractivity contribution in [3.05, 3.63) is 56.6 Å². The SMILES string of the molecule is Cc1cc(S(=O)(=O)c2cc(C)c(Cl)cc2C)c(C)cc1Cl. The highest BCUT2D eigenvalue weighted by atomic mass is 35.5. The first-order valence-electron chi connectivity index (χ1n) is 6.43. The Balaban J connectivity index is 2.74. The Labute approximate surface area is 135 Å². The van der Waals surface area contributed by atoms with Crippen molar-refractivity contribution in [2.24, 2.45) is 0 Å². The van der Waals surface area contributed by atoms with Crippen LogP contribution < -0.4 is 0 Å². The summed E-state index contributed by atoms with van der Waals surface area (Å²) in [7, 11) is -3.60. The average molecular weight is 343 g/mol. The number of benzene rings is 2. The van der Waals surface area contributed by atoms with Gasteiger partial charge in [0.05, 0.1) is 9.79 Å². The molecule has 2 aromatic carbocycles. The number of aryl methyl sites for hydroxylation is 4. The highest BCUT2D eigenvalue weighted by molar-refractivity contribution is 7.91. The van der Waals surface area contributed by atoms with Gasteiger partial charge in [-0.25, -0.2) is 8.42 Å². The molecule has 0 aliphatic heterocycles. The second-order valence-electron chi connectivity index (χ2n) is 5.24. The van der Waals surface area contributed by atoms with Crippen LogP contribution in [0, 0.1) is 27.7 Å². The third-order valence-electron chi connectivity index (χ3n) is 3.49. The summed E-state index contributed by atoms with van der Waals surface area (Å²) < 4.78 is 25.8. The summed E-state index contributed by atoms with van der Waals surface area (Å²) in [5.74, 6) is 0. The van der Waals surface area contributed by atoms with E-state index < -0.39 is 9.84 Å². The predicted molar refractivity (Wildman–Crippen MR) is 87.3 cm³/mol. The molecule has 0 saturated heterocycles. The second-order valence-corrected chi connectivity index (χ2v) is 7.94. The molecule has 2 nitrogen and oxygen atoms in total. The van der Waals surface area contributed by atoms with E-state index in [9.17, 15) is 8.42 Å². The summed E-state index contributed by atoms with van der Waals surface area (Å²) in [5.41, 5.74) is 2.75. The van der Waals surface area contributed by atoms with Crippen LogP contribution in [0.1, 0.15) is 22.3 Å². The van der Waals surface area contributed by atoms with Crippen molar-refractivity contribution in [1.29, 1.82) is 0 Å². The van der Waals surface area contributed by atoms with Gasteiger partial charge in [0.25, 0.3) is 0 Å². The maximum atomic E-state index is 12.9. The van der Waals surface area contributed by atoms with Crippen LogP contribution in [0.25, 0.3) is 0 Å². The standard InChI is InChI=1S/C16H16Cl2O2S/c1-9-7-15(11(3)5-13(9)17)21(19,20)16-8-10(2)14(18)6-12(16)4/h5-8H,1-4H3. The van der Waals surface area contributed by atoms with Gasteiger partial charge < -0.3 is 0 Å². The summed E-state index contributed by atoms with van der Waals surface area (Å²) >= 11 is 12.1. The zero-order valence-electron chi connectivity index (χ0n) is 12.3. The van der Waals surface area contributed by atoms with Crippen LogP contribution >= 0.6 is 23.2 Å². The van der Waals surface area contributed by atoms with Crippen LogP contribution in [0.15, 0.2) is 34.1 Å². The zero-order valence-corrected chi connectivity index (χ0v) is 14.6. The minimum atomic E-state index is -3.60. The van der Waals surface area contributed by atoms with E-state index >= 15 is 0 Å². The quantitative estimate of drug-likeness (QED) is 0.764. The van der Waals surface area contributed by atoms with E-state index in [1.165, 1.54) is 0 Å². The molecule has 2 rings (SSSR count). The maximum absolute atomic E-state index is 12.9. The Morgan fingerprint density at radius 3 is 1.33 bits per heavy atom. The van der Waals surface area contributed by atoms with Crippen molar-refractivity contribution in [3.8, 4) is 0 Å². The Hall–Kier alpha value is -1.03. The average Bonchev–Trinajstić information content (AvgIpc) is 2.37. The number of hydrogen-bond acceptors (Lipinski definition) is 2. The van der Waals surface area contributed by atoms with E-state index in [-0.39, 0.29) is 9.79 Å². The van der Waals surface area contributed by atoms with E-state index in [2.05, 4.69) is 0 Å². The van der Waals surface area contributed by atoms with E-state index in [1.807, 2.05) is 0 Å². The number of rotatable bonds is 2. The molecule has 0 N–H and O–H groups in total. The molecule has 0 aliphatic carbocycles. The molecule has 112 valence electrons. The Morgan fingerprint density at radius 1 is 0.667 bits per heavy atom. The van der Waals surface area contributed by atoms with Crippen molar-refractivity contribution in [3.63, 3.8) is 0 Å². The fourth-order valence-electron chi connectivity index (χ4n) is 2.21. The Morgan fingerprint density at radius 2 is 1.00 bits per heavy atom. The van der Waals surface area contributed by atoms with E-state index in [1.54, 1.807) is 52.0 Å². The van der Waals surface area contributed by atoms with Gasteiger partial charge in [0.1, 0.15) is 0 Å². The van der Waals surface area contributed by atoms with Gasteiger partial charge in [0.2, 0.25) is 9.84 Å². The first kappa shape index (κ1) is 16.3. The van der Waals surface area contributed by atoms with Crippen molar-refractivity contribution in [2.75, 3.05) is 0 Å². The molecular formula is C16H16Cl2O2S. The van der Waals surface area contributed by atoms with Crippen LogP contribution in [-0.2, 0) is 9.84 Å². The van der Waals surface area contributed by atoms with E-state index in [0.29, 0.717) is 21.2 Å². The van der Waals surface area contributed by atoms with Gasteiger partial charge in [0, 0.05) is 10.0 Å². The topological polar surface area (TPSA) is 34.1 Å². The summed E-state index contributed by atoms with van der Waals surface area (Å²) in [6.45, 7) is 7.08. The normalized spacial score (nSPS) is 11.7. The molecule has 0 aliphatic rings. The molecule has 0 unspecified atom stereocenters. The minimum Gasteiger partial charge on any atom is -0.218 e. The molecule has 0 aromatic heterocycles. The van der Waals surface area contributed by atoms with Gasteiger partial charge in [-0.3, -0.25) is 0 Å². The highest BCUT2D eigenvalue weighted by Gasteiger charge is 2.23. The molecule has 0 radical (unpaired) electrons. The number of halogens is 2. The van der Waals surface area contributed by atoms with E-state index in [4.69, 9.17) is 23.2 Å². The lowest BCUT2D eigenvalue weighted by Gasteiger charge is -2.13. The monoisotopic (exact) mass is 342 g/mol. The molecular weight excluding hydrogens is 327 g/mol. The molecule has 21 heavy (non-hydrogen) atoms. The molecule has 0 saturated carbocycles. The van der Waals surface area contributed by atoms with Crippen LogP contribution in [0.5, 0.6) is 0 Å². The van der Waals surface area contributed by atoms with E-state index in [0.717, 1.165) is 11.1 Å². The lowest BCUT2D eigenvalue weighted by Crippen LogP contribution is -2.07. The molecule has 0 amide bonds. The van der Waals surface area contributed by atoms with Gasteiger partial charge in [-0.15, -0.1) is 0 Å². The third-order valence-corrected chi connectivity index (χ3v) is 6.34. The highest BCUT2D eigenvalue weighted by Crippen LogP contribution is 2.32. The van der Waals surface area contributed by atoms with Gasteiger partial charge in [-0.05, 0) is 74.2 Å². The maximum Gasteiger partial charge on any atom is 0.207 e. The minimum absolute atomic E-state index is 0.286. The zero-order chi connectivity index (χ0) is 15.9. The number of sulfone groups is 1. The Bertz CT molecular complexity index is 761. The molecule has 0 spiro atoms. The fourth-order valence-corrected chi connectivity index (χ4v) is 4.51. The van der Waals surface area contributed by atoms with Crippen LogP contribution in [0.3, 0.4) is 0 Å². The smallest absolute Gasteiger partial charge is 0.207 e. The largest absolute Gasteiger partial charge is 0.218 e. The second kappa shape index (κ2) is 5.64. The summed E-state index contributed by atoms with van der Waals surface area (Å²) in [6, 6.07) is 6.61. The lowest BCUT2D eigenvalue weighted by molar-refractivity contribution is 0.594. The van der Waals surface area contributed by atoms with Gasteiger partial charge in [0.15, 0.2) is 0 Å². The molecule has 5 heteroatoms. The molecule has 2 aromatic rings. The number of hydrogen-bond donors (Lipinski definition) is 0. The summed E-state index contributed by atoms with van der Waals surface area (Å²) in [4.78, 5) is 0.573. The van der Waals surface area contributed by atoms with Gasteiger partial charge in [-0.1, -0.05) is 23.2 Å². The van der Waals surface area contributed by atoms with Crippen molar-refractivity contribution in [1.82, 2.24) is 0 Å². The first-order valence-corrected chi connectivity index (χ1v) is 8.67. The summed E-state index contributed by atoms with van der Waals surface area (Å²) in [5, 5.41) is 1.13. The Kier molecular flexibility index (Phi) is 4.39. The van der Waals surface area contributed by atoms with Gasteiger partial charge in [-0.2, -0.15) is 0 Å². The van der Waals surface area contributed by atoms with Gasteiger partial charge >= 0.3 is 0 Å². The third kappa shape index (κ3) is 2.96. The van der Waals surface area contributed by atoms with Crippen LogP contribution in [0.2, 0.25) is 10.0 Å². The predicted octanol–water partition coefficient (Wildman–Crippen LogP) is 5.06. The van der Waals surface area contributed by atoms with Crippen LogP contribution in [-0.4, -0.2) is 8.42 Å². The summed E-state index contributed by atoms with van der Waals surface area (Å²) in [6.07, 6.45) is 0.